The minimum atomic E-state index is -0.663. The van der Waals surface area contributed by atoms with E-state index in [-0.39, 0.29) is 18.2 Å². The van der Waals surface area contributed by atoms with Gasteiger partial charge in [0.25, 0.3) is 0 Å². The lowest BCUT2D eigenvalue weighted by molar-refractivity contribution is -0.168. The minimum Gasteiger partial charge on any atom is -0.389 e. The largest absolute Gasteiger partial charge is 0.389 e. The van der Waals surface area contributed by atoms with Crippen LogP contribution in [0.3, 0.4) is 0 Å². The number of hydrogen-bond acceptors (Lipinski definition) is 5. The Hall–Kier alpha value is -1.44. The highest BCUT2D eigenvalue weighted by Gasteiger charge is 2.51. The molecule has 0 aliphatic carbocycles. The maximum Gasteiger partial charge on any atom is 0.183 e. The van der Waals surface area contributed by atoms with Crippen LogP contribution in [0, 0.1) is 0 Å². The van der Waals surface area contributed by atoms with Crippen LogP contribution in [0.4, 0.5) is 0 Å². The number of aromatic nitrogens is 2. The Morgan fingerprint density at radius 2 is 2.22 bits per heavy atom. The van der Waals surface area contributed by atoms with Crippen LogP contribution in [0.15, 0.2) is 42.7 Å². The number of ether oxygens (including phenoxy) is 2. The Labute approximate surface area is 139 Å². The zero-order valence-corrected chi connectivity index (χ0v) is 13.1. The lowest BCUT2D eigenvalue weighted by atomic mass is 9.96. The molecule has 0 radical (unpaired) electrons. The van der Waals surface area contributed by atoms with Crippen LogP contribution in [0.5, 0.6) is 0 Å². The molecule has 0 saturated carbocycles. The van der Waals surface area contributed by atoms with Crippen LogP contribution in [-0.2, 0) is 16.0 Å². The average Bonchev–Trinajstić information content (AvgIpc) is 3.21. The van der Waals surface area contributed by atoms with E-state index < -0.39 is 12.4 Å². The lowest BCUT2D eigenvalue weighted by Crippen LogP contribution is -2.57. The maximum absolute atomic E-state index is 10.8. The minimum absolute atomic E-state index is 0.177. The molecule has 0 spiro atoms. The van der Waals surface area contributed by atoms with Crippen molar-refractivity contribution in [3.63, 3.8) is 0 Å². The SMILES string of the molecule is O[C@H]1[C@H](NCc2ccccc2Cl)[C@H]2CO[C@H](O2)[C@@H]1n1cccn1. The van der Waals surface area contributed by atoms with Gasteiger partial charge < -0.3 is 19.9 Å². The molecular formula is C16H18ClN3O3. The average molecular weight is 336 g/mol. The van der Waals surface area contributed by atoms with Gasteiger partial charge in [-0.1, -0.05) is 29.8 Å². The molecule has 0 unspecified atom stereocenters. The summed E-state index contributed by atoms with van der Waals surface area (Å²) in [5.74, 6) is 0. The second-order valence-corrected chi connectivity index (χ2v) is 6.25. The molecule has 2 bridgehead atoms. The predicted octanol–water partition coefficient (Wildman–Crippen LogP) is 1.35. The molecule has 7 heteroatoms. The van der Waals surface area contributed by atoms with Gasteiger partial charge in [0.1, 0.15) is 12.1 Å². The molecule has 2 aliphatic rings. The molecule has 2 N–H and O–H groups in total. The first kappa shape index (κ1) is 15.1. The molecule has 23 heavy (non-hydrogen) atoms. The van der Waals surface area contributed by atoms with Gasteiger partial charge in [-0.15, -0.1) is 0 Å². The third-order valence-electron chi connectivity index (χ3n) is 4.45. The third-order valence-corrected chi connectivity index (χ3v) is 4.82. The summed E-state index contributed by atoms with van der Waals surface area (Å²) in [6.45, 7) is 1.01. The predicted molar refractivity (Wildman–Crippen MR) is 84.0 cm³/mol. The quantitative estimate of drug-likeness (QED) is 0.883. The van der Waals surface area contributed by atoms with Gasteiger partial charge in [-0.3, -0.25) is 4.68 Å². The summed E-state index contributed by atoms with van der Waals surface area (Å²) in [5.41, 5.74) is 0.984. The van der Waals surface area contributed by atoms with Gasteiger partial charge in [-0.25, -0.2) is 0 Å². The van der Waals surface area contributed by atoms with Crippen molar-refractivity contribution in [3.8, 4) is 0 Å². The van der Waals surface area contributed by atoms with E-state index in [0.717, 1.165) is 5.56 Å². The molecule has 2 aromatic rings. The summed E-state index contributed by atoms with van der Waals surface area (Å²) in [7, 11) is 0. The van der Waals surface area contributed by atoms with Gasteiger partial charge in [-0.2, -0.15) is 5.10 Å². The van der Waals surface area contributed by atoms with Crippen molar-refractivity contribution >= 4 is 11.6 Å². The summed E-state index contributed by atoms with van der Waals surface area (Å²) in [5, 5.41) is 19.1. The first-order valence-corrected chi connectivity index (χ1v) is 8.03. The summed E-state index contributed by atoms with van der Waals surface area (Å²) >= 11 is 6.19. The van der Waals surface area contributed by atoms with E-state index in [1.54, 1.807) is 10.9 Å². The van der Waals surface area contributed by atoms with Crippen molar-refractivity contribution in [2.24, 2.45) is 0 Å². The second kappa shape index (κ2) is 6.22. The van der Waals surface area contributed by atoms with Crippen LogP contribution in [0.2, 0.25) is 5.02 Å². The van der Waals surface area contributed by atoms with Crippen molar-refractivity contribution < 1.29 is 14.6 Å². The smallest absolute Gasteiger partial charge is 0.183 e. The summed E-state index contributed by atoms with van der Waals surface area (Å²) < 4.78 is 13.3. The number of aliphatic hydroxyl groups is 1. The fourth-order valence-electron chi connectivity index (χ4n) is 3.26. The van der Waals surface area contributed by atoms with Crippen molar-refractivity contribution in [1.29, 1.82) is 0 Å². The zero-order chi connectivity index (χ0) is 15.8. The van der Waals surface area contributed by atoms with Gasteiger partial charge in [0.05, 0.1) is 18.8 Å². The van der Waals surface area contributed by atoms with E-state index in [0.29, 0.717) is 18.2 Å². The summed E-state index contributed by atoms with van der Waals surface area (Å²) in [4.78, 5) is 0. The Morgan fingerprint density at radius 3 is 3.00 bits per heavy atom. The van der Waals surface area contributed by atoms with E-state index >= 15 is 0 Å². The molecule has 4 rings (SSSR count). The Morgan fingerprint density at radius 1 is 1.35 bits per heavy atom. The second-order valence-electron chi connectivity index (χ2n) is 5.84. The number of halogens is 1. The first-order valence-electron chi connectivity index (χ1n) is 7.65. The number of nitrogens with zero attached hydrogens (tertiary/aromatic N) is 2. The van der Waals surface area contributed by atoms with E-state index in [9.17, 15) is 5.11 Å². The van der Waals surface area contributed by atoms with Crippen LogP contribution in [-0.4, -0.2) is 46.0 Å². The highest BCUT2D eigenvalue weighted by molar-refractivity contribution is 6.31. The normalized spacial score (nSPS) is 33.0. The van der Waals surface area contributed by atoms with Crippen LogP contribution in [0.1, 0.15) is 11.6 Å². The van der Waals surface area contributed by atoms with Gasteiger partial charge in [-0.05, 0) is 17.7 Å². The summed E-state index contributed by atoms with van der Waals surface area (Å²) in [6.07, 6.45) is 2.19. The topological polar surface area (TPSA) is 68.5 Å². The molecule has 2 aliphatic heterocycles. The van der Waals surface area contributed by atoms with E-state index in [2.05, 4.69) is 10.4 Å². The Kier molecular flexibility index (Phi) is 4.09. The molecule has 6 nitrogen and oxygen atoms in total. The number of hydrogen-bond donors (Lipinski definition) is 2. The zero-order valence-electron chi connectivity index (χ0n) is 12.4. The standard InChI is InChI=1S/C16H18ClN3O3/c17-11-5-2-1-4-10(11)8-18-13-12-9-22-16(23-12)14(15(13)21)20-7-3-6-19-20/h1-7,12-16,18,21H,8-9H2/t12-,13-,14-,15+,16-/m1/s1. The van der Waals surface area contributed by atoms with Crippen molar-refractivity contribution in [2.75, 3.05) is 6.61 Å². The van der Waals surface area contributed by atoms with Gasteiger partial charge in [0.2, 0.25) is 0 Å². The van der Waals surface area contributed by atoms with Gasteiger partial charge in [0.15, 0.2) is 6.29 Å². The maximum atomic E-state index is 10.8. The lowest BCUT2D eigenvalue weighted by Gasteiger charge is -2.38. The molecule has 2 saturated heterocycles. The van der Waals surface area contributed by atoms with Crippen LogP contribution >= 0.6 is 11.6 Å². The van der Waals surface area contributed by atoms with Crippen LogP contribution in [0.25, 0.3) is 0 Å². The third kappa shape index (κ3) is 2.77. The molecule has 3 heterocycles. The Balaban J connectivity index is 1.52. The van der Waals surface area contributed by atoms with E-state index in [4.69, 9.17) is 21.1 Å². The van der Waals surface area contributed by atoms with Crippen molar-refractivity contribution in [3.05, 3.63) is 53.3 Å². The molecular weight excluding hydrogens is 318 g/mol. The fraction of sp³-hybridized carbons (Fsp3) is 0.438. The number of benzene rings is 1. The summed E-state index contributed by atoms with van der Waals surface area (Å²) in [6, 6.07) is 8.86. The highest BCUT2D eigenvalue weighted by atomic mass is 35.5. The van der Waals surface area contributed by atoms with E-state index in [1.807, 2.05) is 36.5 Å². The van der Waals surface area contributed by atoms with Crippen molar-refractivity contribution in [1.82, 2.24) is 15.1 Å². The first-order chi connectivity index (χ1) is 11.2. The number of nitrogens with one attached hydrogen (secondary N) is 1. The molecule has 2 fully saturated rings. The number of rotatable bonds is 4. The Bertz CT molecular complexity index is 666. The van der Waals surface area contributed by atoms with Gasteiger partial charge >= 0.3 is 0 Å². The van der Waals surface area contributed by atoms with Gasteiger partial charge in [0, 0.05) is 24.0 Å². The molecule has 0 amide bonds. The number of fused-ring (bicyclic) bond motifs is 2. The molecule has 5 atom stereocenters. The molecule has 1 aromatic carbocycles. The highest BCUT2D eigenvalue weighted by Crippen LogP contribution is 2.35. The molecule has 122 valence electrons. The van der Waals surface area contributed by atoms with Crippen LogP contribution < -0.4 is 5.32 Å². The van der Waals surface area contributed by atoms with E-state index in [1.165, 1.54) is 0 Å². The monoisotopic (exact) mass is 335 g/mol. The van der Waals surface area contributed by atoms with Crippen molar-refractivity contribution in [2.45, 2.75) is 37.1 Å². The number of aliphatic hydroxyl groups excluding tert-OH is 1. The fourth-order valence-corrected chi connectivity index (χ4v) is 3.46. The molecule has 1 aromatic heterocycles.